The second-order valence-electron chi connectivity index (χ2n) is 6.35. The highest BCUT2D eigenvalue weighted by atomic mass is 35.5. The van der Waals surface area contributed by atoms with E-state index in [1.54, 1.807) is 42.5 Å². The third-order valence-corrected chi connectivity index (χ3v) is 4.35. The summed E-state index contributed by atoms with van der Waals surface area (Å²) >= 11 is 0. The lowest BCUT2D eigenvalue weighted by Crippen LogP contribution is -2.28. The number of aromatic hydroxyl groups is 1. The van der Waals surface area contributed by atoms with Crippen LogP contribution in [0.2, 0.25) is 0 Å². The largest absolute Gasteiger partial charge is 0.506 e. The molecule has 0 spiro atoms. The summed E-state index contributed by atoms with van der Waals surface area (Å²) in [4.78, 5) is 23.4. The quantitative estimate of drug-likeness (QED) is 0.681. The first-order valence-electron chi connectivity index (χ1n) is 8.65. The van der Waals surface area contributed by atoms with E-state index in [1.165, 1.54) is 6.92 Å². The predicted molar refractivity (Wildman–Crippen MR) is 106 cm³/mol. The lowest BCUT2D eigenvalue weighted by molar-refractivity contribution is -0.114. The van der Waals surface area contributed by atoms with E-state index in [1.807, 2.05) is 0 Å². The van der Waals surface area contributed by atoms with Crippen molar-refractivity contribution in [3.8, 4) is 16.9 Å². The molecule has 144 valence electrons. The van der Waals surface area contributed by atoms with Gasteiger partial charge in [0.2, 0.25) is 5.91 Å². The Morgan fingerprint density at radius 3 is 2.59 bits per heavy atom. The molecule has 0 saturated carbocycles. The summed E-state index contributed by atoms with van der Waals surface area (Å²) < 4.78 is 5.34. The average Bonchev–Trinajstić information content (AvgIpc) is 3.14. The second-order valence-corrected chi connectivity index (χ2v) is 6.35. The van der Waals surface area contributed by atoms with Crippen LogP contribution in [-0.2, 0) is 9.53 Å². The molecule has 1 fully saturated rings. The number of phenolic OH excluding ortho intramolecular Hbond substituents is 1. The number of rotatable bonds is 5. The van der Waals surface area contributed by atoms with Gasteiger partial charge in [0.15, 0.2) is 0 Å². The van der Waals surface area contributed by atoms with Crippen molar-refractivity contribution in [2.75, 3.05) is 18.5 Å². The van der Waals surface area contributed by atoms with Crippen LogP contribution in [0.5, 0.6) is 5.75 Å². The molecule has 0 radical (unpaired) electrons. The van der Waals surface area contributed by atoms with Crippen molar-refractivity contribution in [1.82, 2.24) is 5.32 Å². The fourth-order valence-corrected chi connectivity index (χ4v) is 3.03. The molecule has 0 bridgehead atoms. The summed E-state index contributed by atoms with van der Waals surface area (Å²) in [5, 5.41) is 16.5. The predicted octanol–water partition coefficient (Wildman–Crippen LogP) is 3.35. The van der Waals surface area contributed by atoms with Gasteiger partial charge in [0.1, 0.15) is 17.9 Å². The molecule has 1 amide bonds. The number of esters is 1. The Kier molecular flexibility index (Phi) is 7.21. The molecule has 2 aromatic rings. The van der Waals surface area contributed by atoms with E-state index in [2.05, 4.69) is 10.6 Å². The number of carbonyl (C=O) groups excluding carboxylic acids is 2. The van der Waals surface area contributed by atoms with Crippen molar-refractivity contribution >= 4 is 30.0 Å². The minimum atomic E-state index is -0.534. The van der Waals surface area contributed by atoms with Gasteiger partial charge in [0.25, 0.3) is 0 Å². The number of carbonyl (C=O) groups is 2. The molecular weight excluding hydrogens is 368 g/mol. The van der Waals surface area contributed by atoms with Crippen LogP contribution in [0.3, 0.4) is 0 Å². The third kappa shape index (κ3) is 5.21. The van der Waals surface area contributed by atoms with Crippen molar-refractivity contribution in [3.05, 3.63) is 48.0 Å². The van der Waals surface area contributed by atoms with E-state index < -0.39 is 5.97 Å². The fourth-order valence-electron chi connectivity index (χ4n) is 3.03. The maximum absolute atomic E-state index is 12.3. The topological polar surface area (TPSA) is 87.7 Å². The van der Waals surface area contributed by atoms with Gasteiger partial charge >= 0.3 is 5.97 Å². The SMILES string of the molecule is CC(=O)Nc1ccc(-c2cccc(C(=O)OCC3CCCN3)c2O)cc1.Cl. The summed E-state index contributed by atoms with van der Waals surface area (Å²) in [7, 11) is 0. The number of benzene rings is 2. The maximum atomic E-state index is 12.3. The first-order chi connectivity index (χ1) is 12.5. The van der Waals surface area contributed by atoms with E-state index in [9.17, 15) is 14.7 Å². The number of anilines is 1. The Morgan fingerprint density at radius 2 is 1.96 bits per heavy atom. The van der Waals surface area contributed by atoms with Gasteiger partial charge in [-0.2, -0.15) is 0 Å². The second kappa shape index (κ2) is 9.39. The number of ether oxygens (including phenoxy) is 1. The number of hydrogen-bond acceptors (Lipinski definition) is 5. The third-order valence-electron chi connectivity index (χ3n) is 4.35. The van der Waals surface area contributed by atoms with Gasteiger partial charge < -0.3 is 20.5 Å². The maximum Gasteiger partial charge on any atom is 0.341 e. The molecule has 1 unspecified atom stereocenters. The molecule has 0 aromatic heterocycles. The Morgan fingerprint density at radius 1 is 1.22 bits per heavy atom. The van der Waals surface area contributed by atoms with Crippen LogP contribution in [0, 0.1) is 0 Å². The van der Waals surface area contributed by atoms with Crippen LogP contribution in [-0.4, -0.2) is 36.2 Å². The zero-order valence-corrected chi connectivity index (χ0v) is 15.8. The van der Waals surface area contributed by atoms with Crippen molar-refractivity contribution in [2.24, 2.45) is 0 Å². The van der Waals surface area contributed by atoms with E-state index in [-0.39, 0.29) is 35.7 Å². The van der Waals surface area contributed by atoms with Gasteiger partial charge in [-0.05, 0) is 43.1 Å². The smallest absolute Gasteiger partial charge is 0.341 e. The fraction of sp³-hybridized carbons (Fsp3) is 0.300. The highest BCUT2D eigenvalue weighted by molar-refractivity contribution is 5.95. The van der Waals surface area contributed by atoms with Crippen LogP contribution in [0.15, 0.2) is 42.5 Å². The molecule has 3 rings (SSSR count). The van der Waals surface area contributed by atoms with Crippen LogP contribution in [0.1, 0.15) is 30.1 Å². The molecule has 1 heterocycles. The highest BCUT2D eigenvalue weighted by Gasteiger charge is 2.20. The van der Waals surface area contributed by atoms with Gasteiger partial charge in [-0.15, -0.1) is 12.4 Å². The van der Waals surface area contributed by atoms with E-state index >= 15 is 0 Å². The molecule has 2 aromatic carbocycles. The molecule has 1 saturated heterocycles. The molecule has 6 nitrogen and oxygen atoms in total. The molecule has 1 aliphatic rings. The molecule has 7 heteroatoms. The normalized spacial score (nSPS) is 15.7. The summed E-state index contributed by atoms with van der Waals surface area (Å²) in [5.41, 5.74) is 2.09. The molecule has 3 N–H and O–H groups in total. The first kappa shape index (κ1) is 20.7. The minimum absolute atomic E-state index is 0. The van der Waals surface area contributed by atoms with Gasteiger partial charge in [-0.25, -0.2) is 4.79 Å². The lowest BCUT2D eigenvalue weighted by atomic mass is 10.0. The number of para-hydroxylation sites is 1. The number of hydrogen-bond donors (Lipinski definition) is 3. The zero-order chi connectivity index (χ0) is 18.5. The van der Waals surface area contributed by atoms with Gasteiger partial charge in [-0.1, -0.05) is 24.3 Å². The Balaban J connectivity index is 0.00000261. The molecule has 27 heavy (non-hydrogen) atoms. The minimum Gasteiger partial charge on any atom is -0.506 e. The van der Waals surface area contributed by atoms with Crippen LogP contribution in [0.4, 0.5) is 5.69 Å². The number of halogens is 1. The van der Waals surface area contributed by atoms with Gasteiger partial charge in [-0.3, -0.25) is 4.79 Å². The summed E-state index contributed by atoms with van der Waals surface area (Å²) in [6.07, 6.45) is 2.07. The van der Waals surface area contributed by atoms with E-state index in [0.29, 0.717) is 17.9 Å². The highest BCUT2D eigenvalue weighted by Crippen LogP contribution is 2.33. The van der Waals surface area contributed by atoms with Crippen LogP contribution < -0.4 is 10.6 Å². The van der Waals surface area contributed by atoms with Crippen molar-refractivity contribution in [1.29, 1.82) is 0 Å². The van der Waals surface area contributed by atoms with Crippen molar-refractivity contribution < 1.29 is 19.4 Å². The van der Waals surface area contributed by atoms with Crippen LogP contribution in [0.25, 0.3) is 11.1 Å². The summed E-state index contributed by atoms with van der Waals surface area (Å²) in [5.74, 6) is -0.792. The van der Waals surface area contributed by atoms with E-state index in [4.69, 9.17) is 4.74 Å². The molecular formula is C20H23ClN2O4. The molecule has 1 aliphatic heterocycles. The number of amides is 1. The average molecular weight is 391 g/mol. The standard InChI is InChI=1S/C20H22N2O4.ClH/c1-13(23)22-15-9-7-14(8-10-15)17-5-2-6-18(19(17)24)20(25)26-12-16-4-3-11-21-16;/h2,5-10,16,21,24H,3-4,11-12H2,1H3,(H,22,23);1H. The van der Waals surface area contributed by atoms with Gasteiger partial charge in [0.05, 0.1) is 0 Å². The van der Waals surface area contributed by atoms with Crippen LogP contribution >= 0.6 is 12.4 Å². The Labute approximate surface area is 164 Å². The Hall–Kier alpha value is -2.57. The lowest BCUT2D eigenvalue weighted by Gasteiger charge is -2.13. The van der Waals surface area contributed by atoms with E-state index in [0.717, 1.165) is 24.9 Å². The summed E-state index contributed by atoms with van der Waals surface area (Å²) in [6.45, 7) is 2.68. The van der Waals surface area contributed by atoms with Crippen molar-refractivity contribution in [3.63, 3.8) is 0 Å². The number of nitrogens with one attached hydrogen (secondary N) is 2. The van der Waals surface area contributed by atoms with Crippen molar-refractivity contribution in [2.45, 2.75) is 25.8 Å². The summed E-state index contributed by atoms with van der Waals surface area (Å²) in [6, 6.07) is 12.2. The zero-order valence-electron chi connectivity index (χ0n) is 15.0. The molecule has 0 aliphatic carbocycles. The van der Waals surface area contributed by atoms with Gasteiger partial charge in [0, 0.05) is 24.2 Å². The monoisotopic (exact) mass is 390 g/mol. The Bertz CT molecular complexity index is 802. The number of phenols is 1. The first-order valence-corrected chi connectivity index (χ1v) is 8.65. The molecule has 1 atom stereocenters.